The lowest BCUT2D eigenvalue weighted by molar-refractivity contribution is -0.137. The van der Waals surface area contributed by atoms with Gasteiger partial charge in [-0.25, -0.2) is 9.18 Å². The van der Waals surface area contributed by atoms with Crippen LogP contribution in [0.5, 0.6) is 0 Å². The second-order valence-corrected chi connectivity index (χ2v) is 7.19. The summed E-state index contributed by atoms with van der Waals surface area (Å²) in [6.45, 7) is -0.0453. The average Bonchev–Trinajstić information content (AvgIpc) is 3.28. The van der Waals surface area contributed by atoms with Gasteiger partial charge in [-0.15, -0.1) is 10.2 Å². The summed E-state index contributed by atoms with van der Waals surface area (Å²) in [4.78, 5) is 12.7. The van der Waals surface area contributed by atoms with Crippen molar-refractivity contribution in [2.45, 2.75) is 12.7 Å². The zero-order valence-corrected chi connectivity index (χ0v) is 17.7. The van der Waals surface area contributed by atoms with Crippen LogP contribution in [0.3, 0.4) is 0 Å². The second-order valence-electron chi connectivity index (χ2n) is 7.19. The maximum Gasteiger partial charge on any atom is 0.416 e. The van der Waals surface area contributed by atoms with E-state index in [0.29, 0.717) is 16.8 Å². The Morgan fingerprint density at radius 2 is 1.79 bits per heavy atom. The molecule has 1 aromatic heterocycles. The first-order chi connectivity index (χ1) is 16.2. The Bertz CT molecular complexity index is 1320. The Labute approximate surface area is 191 Å². The lowest BCUT2D eigenvalue weighted by Gasteiger charge is -2.14. The molecular weight excluding hydrogens is 454 g/mol. The number of aromatic nitrogens is 4. The number of benzene rings is 3. The van der Waals surface area contributed by atoms with E-state index in [2.05, 4.69) is 25.5 Å². The van der Waals surface area contributed by atoms with Crippen LogP contribution < -0.4 is 5.32 Å². The van der Waals surface area contributed by atoms with Gasteiger partial charge in [0.05, 0.1) is 24.8 Å². The first-order valence-corrected chi connectivity index (χ1v) is 9.93. The molecule has 0 fully saturated rings. The van der Waals surface area contributed by atoms with E-state index in [-0.39, 0.29) is 23.6 Å². The number of tetrazole rings is 1. The van der Waals surface area contributed by atoms with Gasteiger partial charge in [-0.05, 0) is 53.7 Å². The molecule has 7 nitrogen and oxygen atoms in total. The fraction of sp³-hybridized carbons (Fsp3) is 0.130. The molecule has 1 N–H and O–H groups in total. The summed E-state index contributed by atoms with van der Waals surface area (Å²) >= 11 is 0. The van der Waals surface area contributed by atoms with Gasteiger partial charge in [-0.2, -0.15) is 18.0 Å². The summed E-state index contributed by atoms with van der Waals surface area (Å²) in [5.74, 6) is -1.05. The molecule has 0 spiro atoms. The van der Waals surface area contributed by atoms with Gasteiger partial charge in [0.2, 0.25) is 5.82 Å². The minimum absolute atomic E-state index is 0.0453. The molecule has 174 valence electrons. The van der Waals surface area contributed by atoms with Gasteiger partial charge in [-0.3, -0.25) is 0 Å². The number of nitrogens with zero attached hydrogens (tertiary/aromatic N) is 4. The van der Waals surface area contributed by atoms with Crippen molar-refractivity contribution in [2.24, 2.45) is 0 Å². The molecular formula is C23H17F4N5O2. The summed E-state index contributed by atoms with van der Waals surface area (Å²) in [5, 5.41) is 14.9. The van der Waals surface area contributed by atoms with Crippen LogP contribution in [0.2, 0.25) is 0 Å². The highest BCUT2D eigenvalue weighted by molar-refractivity contribution is 5.90. The smallest absolute Gasteiger partial charge is 0.416 e. The van der Waals surface area contributed by atoms with Crippen molar-refractivity contribution in [3.05, 3.63) is 89.2 Å². The lowest BCUT2D eigenvalue weighted by Crippen LogP contribution is -2.07. The van der Waals surface area contributed by atoms with E-state index in [1.165, 1.54) is 37.4 Å². The number of carbonyl (C=O) groups is 1. The zero-order chi connectivity index (χ0) is 24.3. The highest BCUT2D eigenvalue weighted by atomic mass is 19.4. The highest BCUT2D eigenvalue weighted by Crippen LogP contribution is 2.36. The maximum absolute atomic E-state index is 13.9. The van der Waals surface area contributed by atoms with E-state index in [1.807, 2.05) is 0 Å². The lowest BCUT2D eigenvalue weighted by atomic mass is 10.1. The minimum Gasteiger partial charge on any atom is -0.465 e. The third kappa shape index (κ3) is 5.03. The summed E-state index contributed by atoms with van der Waals surface area (Å²) in [5.41, 5.74) is 0.570. The van der Waals surface area contributed by atoms with Crippen LogP contribution in [0.25, 0.3) is 11.4 Å². The fourth-order valence-electron chi connectivity index (χ4n) is 3.17. The average molecular weight is 471 g/mol. The van der Waals surface area contributed by atoms with Crippen molar-refractivity contribution in [1.82, 2.24) is 20.2 Å². The second kappa shape index (κ2) is 9.30. The molecule has 0 saturated heterocycles. The van der Waals surface area contributed by atoms with Crippen molar-refractivity contribution in [1.29, 1.82) is 0 Å². The van der Waals surface area contributed by atoms with Gasteiger partial charge >= 0.3 is 12.1 Å². The largest absolute Gasteiger partial charge is 0.465 e. The molecule has 4 rings (SSSR count). The number of carbonyl (C=O) groups excluding carboxylic acids is 1. The Balaban J connectivity index is 1.67. The molecule has 0 amide bonds. The molecule has 34 heavy (non-hydrogen) atoms. The van der Waals surface area contributed by atoms with Crippen LogP contribution in [0, 0.1) is 5.82 Å². The van der Waals surface area contributed by atoms with Gasteiger partial charge in [0.25, 0.3) is 0 Å². The van der Waals surface area contributed by atoms with Gasteiger partial charge in [-0.1, -0.05) is 18.2 Å². The number of ether oxygens (including phenoxy) is 1. The van der Waals surface area contributed by atoms with Crippen LogP contribution >= 0.6 is 0 Å². The van der Waals surface area contributed by atoms with E-state index in [9.17, 15) is 22.4 Å². The molecule has 0 atom stereocenters. The highest BCUT2D eigenvalue weighted by Gasteiger charge is 2.31. The number of hydrogen-bond acceptors (Lipinski definition) is 6. The molecule has 0 aliphatic rings. The summed E-state index contributed by atoms with van der Waals surface area (Å²) in [7, 11) is 1.26. The number of nitrogens with one attached hydrogen (secondary N) is 1. The Morgan fingerprint density at radius 1 is 1.06 bits per heavy atom. The maximum atomic E-state index is 13.9. The first-order valence-electron chi connectivity index (χ1n) is 9.93. The van der Waals surface area contributed by atoms with E-state index < -0.39 is 23.5 Å². The topological polar surface area (TPSA) is 81.9 Å². The zero-order valence-electron chi connectivity index (χ0n) is 17.7. The molecule has 4 aromatic rings. The molecule has 0 radical (unpaired) electrons. The standard InChI is InChI=1S/C23H17F4N5O2/c1-34-22(33)14-6-9-17(10-7-14)28-20-11-8-16(23(25,26)27)12-18(20)21-29-31-32(30-21)13-15-4-2-3-5-19(15)24/h2-12,28H,13H2,1H3. The quantitative estimate of drug-likeness (QED) is 0.312. The van der Waals surface area contributed by atoms with Gasteiger partial charge < -0.3 is 10.1 Å². The van der Waals surface area contributed by atoms with E-state index in [0.717, 1.165) is 16.9 Å². The predicted molar refractivity (Wildman–Crippen MR) is 115 cm³/mol. The number of rotatable bonds is 6. The number of alkyl halides is 3. The number of esters is 1. The Kier molecular flexibility index (Phi) is 6.26. The molecule has 0 unspecified atom stereocenters. The van der Waals surface area contributed by atoms with E-state index in [1.54, 1.807) is 24.3 Å². The van der Waals surface area contributed by atoms with Gasteiger partial charge in [0, 0.05) is 22.5 Å². The van der Waals surface area contributed by atoms with Crippen LogP contribution in [0.15, 0.2) is 66.7 Å². The van der Waals surface area contributed by atoms with Crippen LogP contribution in [0.4, 0.5) is 28.9 Å². The monoisotopic (exact) mass is 471 g/mol. The SMILES string of the molecule is COC(=O)c1ccc(Nc2ccc(C(F)(F)F)cc2-c2nnn(Cc3ccccc3F)n2)cc1. The van der Waals surface area contributed by atoms with Crippen molar-refractivity contribution in [3.8, 4) is 11.4 Å². The van der Waals surface area contributed by atoms with E-state index >= 15 is 0 Å². The summed E-state index contributed by atoms with van der Waals surface area (Å²) in [6, 6.07) is 15.3. The molecule has 1 heterocycles. The van der Waals surface area contributed by atoms with Crippen LogP contribution in [-0.4, -0.2) is 33.3 Å². The molecule has 3 aromatic carbocycles. The first kappa shape index (κ1) is 22.9. The number of halogens is 4. The number of anilines is 2. The van der Waals surface area contributed by atoms with Crippen molar-refractivity contribution in [3.63, 3.8) is 0 Å². The number of hydrogen-bond donors (Lipinski definition) is 1. The molecule has 0 aliphatic carbocycles. The fourth-order valence-corrected chi connectivity index (χ4v) is 3.17. The van der Waals surface area contributed by atoms with Crippen LogP contribution in [-0.2, 0) is 17.5 Å². The Hall–Kier alpha value is -4.28. The molecule has 0 saturated carbocycles. The van der Waals surface area contributed by atoms with Crippen molar-refractivity contribution < 1.29 is 27.1 Å². The third-order valence-corrected chi connectivity index (χ3v) is 4.90. The molecule has 11 heteroatoms. The minimum atomic E-state index is -4.58. The summed E-state index contributed by atoms with van der Waals surface area (Å²) < 4.78 is 58.7. The van der Waals surface area contributed by atoms with Gasteiger partial charge in [0.15, 0.2) is 0 Å². The third-order valence-electron chi connectivity index (χ3n) is 4.90. The van der Waals surface area contributed by atoms with Crippen LogP contribution in [0.1, 0.15) is 21.5 Å². The summed E-state index contributed by atoms with van der Waals surface area (Å²) in [6.07, 6.45) is -4.58. The van der Waals surface area contributed by atoms with Crippen molar-refractivity contribution in [2.75, 3.05) is 12.4 Å². The predicted octanol–water partition coefficient (Wildman–Crippen LogP) is 5.08. The van der Waals surface area contributed by atoms with E-state index in [4.69, 9.17) is 0 Å². The van der Waals surface area contributed by atoms with Crippen molar-refractivity contribution >= 4 is 17.3 Å². The van der Waals surface area contributed by atoms with Gasteiger partial charge in [0.1, 0.15) is 5.82 Å². The Morgan fingerprint density at radius 3 is 2.47 bits per heavy atom. The molecule has 0 aliphatic heterocycles. The normalized spacial score (nSPS) is 11.3. The molecule has 0 bridgehead atoms. The number of methoxy groups -OCH3 is 1.